The predicted octanol–water partition coefficient (Wildman–Crippen LogP) is 4.33. The van der Waals surface area contributed by atoms with Gasteiger partial charge in [-0.25, -0.2) is 9.69 Å². The van der Waals surface area contributed by atoms with Crippen molar-refractivity contribution in [1.82, 2.24) is 0 Å². The van der Waals surface area contributed by atoms with E-state index < -0.39 is 48.4 Å². The van der Waals surface area contributed by atoms with Crippen LogP contribution in [-0.2, 0) is 23.7 Å². The molecule has 3 saturated heterocycles. The lowest BCUT2D eigenvalue weighted by molar-refractivity contribution is -0.219. The van der Waals surface area contributed by atoms with Gasteiger partial charge in [0.15, 0.2) is 23.6 Å². The number of anilines is 2. The van der Waals surface area contributed by atoms with Crippen molar-refractivity contribution in [2.24, 2.45) is 0 Å². The molecule has 10 nitrogen and oxygen atoms in total. The van der Waals surface area contributed by atoms with Crippen molar-refractivity contribution in [2.75, 3.05) is 24.0 Å². The van der Waals surface area contributed by atoms with Gasteiger partial charge in [0.25, 0.3) is 0 Å². The first-order chi connectivity index (χ1) is 17.5. The van der Waals surface area contributed by atoms with Gasteiger partial charge in [-0.3, -0.25) is 9.69 Å². The van der Waals surface area contributed by atoms with Gasteiger partial charge in [-0.2, -0.15) is 0 Å². The molecule has 2 aromatic rings. The number of carbonyl (C=O) groups excluding carboxylic acids is 2. The minimum atomic E-state index is -0.876. The van der Waals surface area contributed by atoms with Crippen LogP contribution in [0.1, 0.15) is 20.3 Å². The summed E-state index contributed by atoms with van der Waals surface area (Å²) < 4.78 is 29.0. The summed E-state index contributed by atoms with van der Waals surface area (Å²) in [4.78, 5) is 29.8. The number of fused-ring (bicyclic) bond motifs is 1. The van der Waals surface area contributed by atoms with Crippen LogP contribution < -0.4 is 14.5 Å². The molecule has 198 valence electrons. The number of phenols is 1. The number of ether oxygens (including phenoxy) is 5. The molecule has 0 saturated carbocycles. The number of hydrogen-bond acceptors (Lipinski definition) is 8. The van der Waals surface area contributed by atoms with Crippen molar-refractivity contribution < 1.29 is 38.4 Å². The highest BCUT2D eigenvalue weighted by Crippen LogP contribution is 2.44. The van der Waals surface area contributed by atoms with Gasteiger partial charge in [-0.05, 0) is 44.2 Å². The lowest BCUT2D eigenvalue weighted by atomic mass is 9.95. The normalized spacial score (nSPS) is 29.1. The topological polar surface area (TPSA) is 107 Å². The molecule has 5 atom stereocenters. The Morgan fingerprint density at radius 3 is 2.32 bits per heavy atom. The highest BCUT2D eigenvalue weighted by molar-refractivity contribution is 6.35. The summed E-state index contributed by atoms with van der Waals surface area (Å²) in [5.41, 5.74) is 0.534. The van der Waals surface area contributed by atoms with E-state index in [4.69, 9.17) is 46.9 Å². The molecule has 0 aliphatic carbocycles. The van der Waals surface area contributed by atoms with Crippen LogP contribution in [0, 0.1) is 0 Å². The number of amides is 3. The fourth-order valence-corrected chi connectivity index (χ4v) is 5.63. The number of carbonyl (C=O) groups is 2. The molecule has 12 heteroatoms. The number of phenolic OH excluding ortho intramolecular Hbond substituents is 1. The number of aromatic hydroxyl groups is 1. The lowest BCUT2D eigenvalue weighted by Gasteiger charge is -2.43. The fraction of sp³-hybridized carbons (Fsp3) is 0.440. The van der Waals surface area contributed by atoms with Crippen molar-refractivity contribution in [3.63, 3.8) is 0 Å². The van der Waals surface area contributed by atoms with E-state index >= 15 is 0 Å². The monoisotopic (exact) mass is 552 g/mol. The summed E-state index contributed by atoms with van der Waals surface area (Å²) in [6.45, 7) is 3.54. The molecule has 0 bridgehead atoms. The van der Waals surface area contributed by atoms with Crippen LogP contribution in [0.2, 0.25) is 10.0 Å². The summed E-state index contributed by atoms with van der Waals surface area (Å²) in [6, 6.07) is 7.48. The second-order valence-corrected chi connectivity index (χ2v) is 10.3. The quantitative estimate of drug-likeness (QED) is 0.584. The Morgan fingerprint density at radius 2 is 1.70 bits per heavy atom. The van der Waals surface area contributed by atoms with E-state index in [1.807, 2.05) is 0 Å². The van der Waals surface area contributed by atoms with Crippen molar-refractivity contribution in [1.29, 1.82) is 0 Å². The SMILES string of the molecule is COc1ccc(N2C(=O)N(c3cc(Cl)cc(Cl)c3)C(=O)C[C@H]2[C@H]2O[C@@H]3OC(C)(C)O[C@@H]3[C@H]2OC)cc1O. The summed E-state index contributed by atoms with van der Waals surface area (Å²) in [7, 11) is 2.93. The van der Waals surface area contributed by atoms with Gasteiger partial charge in [0, 0.05) is 28.9 Å². The standard InChI is InChI=1S/C25H26Cl2N2O8/c1-25(2)36-22-21(34-4)20(35-23(22)37-25)16-11-19(31)29(15-8-12(26)7-13(27)9-15)24(32)28(16)14-5-6-18(33-3)17(30)10-14/h5-10,16,20-23,30H,11H2,1-4H3/t16-,20+,21-,22+,23+/m0/s1. The summed E-state index contributed by atoms with van der Waals surface area (Å²) in [6.07, 6.45) is -2.86. The van der Waals surface area contributed by atoms with Gasteiger partial charge >= 0.3 is 6.03 Å². The maximum Gasteiger partial charge on any atom is 0.336 e. The lowest BCUT2D eigenvalue weighted by Crippen LogP contribution is -2.63. The Bertz CT molecular complexity index is 1220. The number of nitrogens with zero attached hydrogens (tertiary/aromatic N) is 2. The molecule has 0 aromatic heterocycles. The van der Waals surface area contributed by atoms with Crippen LogP contribution in [-0.4, -0.2) is 67.7 Å². The summed E-state index contributed by atoms with van der Waals surface area (Å²) in [5.74, 6) is -1.31. The third kappa shape index (κ3) is 4.62. The average Bonchev–Trinajstić information content (AvgIpc) is 3.29. The Hall–Kier alpha value is -2.60. The summed E-state index contributed by atoms with van der Waals surface area (Å²) in [5, 5.41) is 11.0. The highest BCUT2D eigenvalue weighted by atomic mass is 35.5. The average molecular weight is 553 g/mol. The molecular weight excluding hydrogens is 527 g/mol. The molecule has 2 aromatic carbocycles. The first-order valence-corrected chi connectivity index (χ1v) is 12.3. The van der Waals surface area contributed by atoms with Gasteiger partial charge in [-0.15, -0.1) is 0 Å². The van der Waals surface area contributed by atoms with E-state index in [0.717, 1.165) is 4.90 Å². The zero-order chi connectivity index (χ0) is 26.6. The molecule has 3 fully saturated rings. The molecule has 3 heterocycles. The zero-order valence-corrected chi connectivity index (χ0v) is 22.0. The molecule has 0 spiro atoms. The first kappa shape index (κ1) is 26.0. The number of urea groups is 1. The van der Waals surface area contributed by atoms with Gasteiger partial charge in [0.2, 0.25) is 5.91 Å². The molecule has 0 radical (unpaired) electrons. The number of methoxy groups -OCH3 is 2. The van der Waals surface area contributed by atoms with Crippen LogP contribution in [0.25, 0.3) is 0 Å². The molecule has 3 amide bonds. The van der Waals surface area contributed by atoms with E-state index in [2.05, 4.69) is 0 Å². The Labute approximate surface area is 223 Å². The fourth-order valence-electron chi connectivity index (χ4n) is 5.12. The third-order valence-corrected chi connectivity index (χ3v) is 7.02. The van der Waals surface area contributed by atoms with Gasteiger partial charge in [0.05, 0.1) is 25.3 Å². The van der Waals surface area contributed by atoms with Crippen molar-refractivity contribution >= 4 is 46.5 Å². The minimum Gasteiger partial charge on any atom is -0.504 e. The Kier molecular flexibility index (Phi) is 6.76. The number of hydrogen-bond donors (Lipinski definition) is 1. The second-order valence-electron chi connectivity index (χ2n) is 9.41. The summed E-state index contributed by atoms with van der Waals surface area (Å²) >= 11 is 12.3. The molecular formula is C25H26Cl2N2O8. The van der Waals surface area contributed by atoms with E-state index in [1.54, 1.807) is 19.9 Å². The third-order valence-electron chi connectivity index (χ3n) is 6.59. The maximum atomic E-state index is 14.0. The van der Waals surface area contributed by atoms with Crippen LogP contribution in [0.15, 0.2) is 36.4 Å². The number of halogens is 2. The molecule has 1 N–H and O–H groups in total. The number of imide groups is 1. The smallest absolute Gasteiger partial charge is 0.336 e. The molecule has 3 aliphatic heterocycles. The van der Waals surface area contributed by atoms with E-state index in [0.29, 0.717) is 5.69 Å². The predicted molar refractivity (Wildman–Crippen MR) is 134 cm³/mol. The number of benzene rings is 2. The highest BCUT2D eigenvalue weighted by Gasteiger charge is 2.59. The number of rotatable bonds is 5. The van der Waals surface area contributed by atoms with Crippen LogP contribution in [0.5, 0.6) is 11.5 Å². The van der Waals surface area contributed by atoms with Crippen molar-refractivity contribution in [2.45, 2.75) is 56.7 Å². The minimum absolute atomic E-state index is 0.129. The maximum absolute atomic E-state index is 14.0. The molecule has 3 aliphatic rings. The Morgan fingerprint density at radius 1 is 1.00 bits per heavy atom. The first-order valence-electron chi connectivity index (χ1n) is 11.6. The molecule has 5 rings (SSSR count). The second kappa shape index (κ2) is 9.61. The van der Waals surface area contributed by atoms with Gasteiger partial charge in [0.1, 0.15) is 18.3 Å². The van der Waals surface area contributed by atoms with Crippen LogP contribution in [0.4, 0.5) is 16.2 Å². The molecule has 37 heavy (non-hydrogen) atoms. The van der Waals surface area contributed by atoms with Crippen LogP contribution in [0.3, 0.4) is 0 Å². The largest absolute Gasteiger partial charge is 0.504 e. The zero-order valence-electron chi connectivity index (χ0n) is 20.5. The molecule has 0 unspecified atom stereocenters. The van der Waals surface area contributed by atoms with Gasteiger partial charge < -0.3 is 28.8 Å². The van der Waals surface area contributed by atoms with Crippen molar-refractivity contribution in [3.8, 4) is 11.5 Å². The van der Waals surface area contributed by atoms with E-state index in [-0.39, 0.29) is 33.7 Å². The van der Waals surface area contributed by atoms with E-state index in [9.17, 15) is 14.7 Å². The van der Waals surface area contributed by atoms with Gasteiger partial charge in [-0.1, -0.05) is 23.2 Å². The van der Waals surface area contributed by atoms with Crippen LogP contribution >= 0.6 is 23.2 Å². The Balaban J connectivity index is 1.57. The van der Waals surface area contributed by atoms with E-state index in [1.165, 1.54) is 49.5 Å². The van der Waals surface area contributed by atoms with Crippen molar-refractivity contribution in [3.05, 3.63) is 46.4 Å².